The van der Waals surface area contributed by atoms with E-state index in [0.717, 1.165) is 61.5 Å². The number of pyridine rings is 1. The van der Waals surface area contributed by atoms with Gasteiger partial charge in [0, 0.05) is 49.7 Å². The van der Waals surface area contributed by atoms with Crippen LogP contribution in [0.1, 0.15) is 6.42 Å². The molecule has 0 unspecified atom stereocenters. The van der Waals surface area contributed by atoms with Crippen LogP contribution in [0.4, 0.5) is 5.69 Å². The molecule has 2 aromatic carbocycles. The topological polar surface area (TPSA) is 57.8 Å². The summed E-state index contributed by atoms with van der Waals surface area (Å²) in [6.07, 6.45) is 0.984. The molecule has 1 N–H and O–H groups in total. The van der Waals surface area contributed by atoms with Crippen LogP contribution in [0, 0.1) is 0 Å². The fourth-order valence-corrected chi connectivity index (χ4v) is 3.80. The highest BCUT2D eigenvalue weighted by molar-refractivity contribution is 5.85. The highest BCUT2D eigenvalue weighted by atomic mass is 35.5. The van der Waals surface area contributed by atoms with Gasteiger partial charge in [0.15, 0.2) is 0 Å². The van der Waals surface area contributed by atoms with Gasteiger partial charge >= 0.3 is 0 Å². The lowest BCUT2D eigenvalue weighted by Gasteiger charge is -2.36. The van der Waals surface area contributed by atoms with Gasteiger partial charge in [-0.25, -0.2) is 0 Å². The number of nitrogens with one attached hydrogen (secondary N) is 1. The molecule has 4 rings (SSSR count). The number of aromatic amines is 1. The highest BCUT2D eigenvalue weighted by Crippen LogP contribution is 2.28. The summed E-state index contributed by atoms with van der Waals surface area (Å²) in [4.78, 5) is 19.1. The van der Waals surface area contributed by atoms with Gasteiger partial charge in [-0.05, 0) is 42.8 Å². The molecule has 1 saturated heterocycles. The third kappa shape index (κ3) is 6.29. The minimum absolute atomic E-state index is 0. The van der Waals surface area contributed by atoms with E-state index in [-0.39, 0.29) is 30.4 Å². The number of H-pyrrole nitrogens is 1. The fourth-order valence-electron chi connectivity index (χ4n) is 3.80. The normalized spacial score (nSPS) is 13.9. The number of hydrogen-bond donors (Lipinski definition) is 1. The number of nitrogens with zero attached hydrogens (tertiary/aromatic N) is 2. The number of anilines is 1. The minimum Gasteiger partial charge on any atom is -0.495 e. The minimum atomic E-state index is -0.0861. The maximum absolute atomic E-state index is 11.4. The number of benzene rings is 2. The first-order valence-electron chi connectivity index (χ1n) is 10.1. The van der Waals surface area contributed by atoms with Crippen LogP contribution in [0.15, 0.2) is 59.4 Å². The molecule has 1 fully saturated rings. The van der Waals surface area contributed by atoms with Crippen LogP contribution >= 0.6 is 24.8 Å². The number of piperazine rings is 1. The molecule has 168 valence electrons. The Morgan fingerprint density at radius 3 is 2.52 bits per heavy atom. The van der Waals surface area contributed by atoms with Gasteiger partial charge in [-0.3, -0.25) is 9.69 Å². The summed E-state index contributed by atoms with van der Waals surface area (Å²) in [5.41, 5.74) is 1.92. The largest absolute Gasteiger partial charge is 0.495 e. The van der Waals surface area contributed by atoms with Crippen LogP contribution in [0.5, 0.6) is 11.5 Å². The average Bonchev–Trinajstić information content (AvgIpc) is 2.77. The summed E-state index contributed by atoms with van der Waals surface area (Å²) in [6.45, 7) is 5.80. The summed E-state index contributed by atoms with van der Waals surface area (Å²) >= 11 is 0. The summed E-state index contributed by atoms with van der Waals surface area (Å²) in [5.74, 6) is 1.78. The lowest BCUT2D eigenvalue weighted by Crippen LogP contribution is -2.46. The lowest BCUT2D eigenvalue weighted by molar-refractivity contribution is 0.224. The van der Waals surface area contributed by atoms with Crippen molar-refractivity contribution in [2.45, 2.75) is 6.42 Å². The number of para-hydroxylation sites is 2. The van der Waals surface area contributed by atoms with E-state index in [0.29, 0.717) is 6.61 Å². The van der Waals surface area contributed by atoms with Crippen molar-refractivity contribution in [2.24, 2.45) is 0 Å². The number of rotatable bonds is 7. The van der Waals surface area contributed by atoms with Crippen molar-refractivity contribution < 1.29 is 9.47 Å². The molecule has 1 aromatic heterocycles. The molecule has 6 nitrogen and oxygen atoms in total. The maximum atomic E-state index is 11.4. The molecule has 0 atom stereocenters. The van der Waals surface area contributed by atoms with Crippen molar-refractivity contribution in [2.75, 3.05) is 51.3 Å². The predicted octanol–water partition coefficient (Wildman–Crippen LogP) is 3.97. The molecule has 2 heterocycles. The van der Waals surface area contributed by atoms with Crippen LogP contribution in [0.25, 0.3) is 10.9 Å². The molecule has 0 bridgehead atoms. The average molecular weight is 466 g/mol. The smallest absolute Gasteiger partial charge is 0.248 e. The third-order valence-electron chi connectivity index (χ3n) is 5.38. The van der Waals surface area contributed by atoms with Crippen LogP contribution in [-0.2, 0) is 0 Å². The zero-order valence-corrected chi connectivity index (χ0v) is 19.2. The van der Waals surface area contributed by atoms with Gasteiger partial charge in [0.05, 0.1) is 19.4 Å². The van der Waals surface area contributed by atoms with E-state index in [4.69, 9.17) is 9.47 Å². The Bertz CT molecular complexity index is 1020. The van der Waals surface area contributed by atoms with Gasteiger partial charge in [-0.2, -0.15) is 0 Å². The number of aromatic nitrogens is 1. The predicted molar refractivity (Wildman–Crippen MR) is 131 cm³/mol. The number of hydrogen-bond acceptors (Lipinski definition) is 5. The first kappa shape index (κ1) is 24.9. The number of fused-ring (bicyclic) bond motifs is 1. The Labute approximate surface area is 195 Å². The van der Waals surface area contributed by atoms with E-state index in [9.17, 15) is 4.79 Å². The van der Waals surface area contributed by atoms with Crippen LogP contribution < -0.4 is 19.9 Å². The second kappa shape index (κ2) is 11.8. The van der Waals surface area contributed by atoms with Crippen molar-refractivity contribution in [3.05, 3.63) is 65.0 Å². The molecular formula is C23H29Cl2N3O3. The zero-order valence-electron chi connectivity index (χ0n) is 17.6. The van der Waals surface area contributed by atoms with Gasteiger partial charge in [0.1, 0.15) is 11.5 Å². The third-order valence-corrected chi connectivity index (χ3v) is 5.38. The van der Waals surface area contributed by atoms with Gasteiger partial charge in [0.25, 0.3) is 0 Å². The Balaban J connectivity index is 0.00000171. The SMILES string of the molecule is COc1ccccc1N1CCN(CCCOc2ccc3[nH]c(=O)ccc3c2)CC1.Cl.Cl. The molecule has 1 aliphatic heterocycles. The zero-order chi connectivity index (χ0) is 20.1. The van der Waals surface area contributed by atoms with E-state index in [1.54, 1.807) is 7.11 Å². The van der Waals surface area contributed by atoms with Crippen molar-refractivity contribution in [1.29, 1.82) is 0 Å². The summed E-state index contributed by atoms with van der Waals surface area (Å²) in [5, 5.41) is 0.981. The van der Waals surface area contributed by atoms with Crippen molar-refractivity contribution in [1.82, 2.24) is 9.88 Å². The Morgan fingerprint density at radius 2 is 1.74 bits per heavy atom. The van der Waals surface area contributed by atoms with E-state index >= 15 is 0 Å². The number of methoxy groups -OCH3 is 1. The summed E-state index contributed by atoms with van der Waals surface area (Å²) in [7, 11) is 1.73. The lowest BCUT2D eigenvalue weighted by atomic mass is 10.2. The number of ether oxygens (including phenoxy) is 2. The Hall–Kier alpha value is -2.41. The summed E-state index contributed by atoms with van der Waals surface area (Å²) < 4.78 is 11.4. The van der Waals surface area contributed by atoms with Gasteiger partial charge in [-0.15, -0.1) is 24.8 Å². The second-order valence-electron chi connectivity index (χ2n) is 7.27. The Kier molecular flexibility index (Phi) is 9.49. The first-order valence-corrected chi connectivity index (χ1v) is 10.1. The maximum Gasteiger partial charge on any atom is 0.248 e. The molecule has 0 saturated carbocycles. The van der Waals surface area contributed by atoms with E-state index in [1.165, 1.54) is 11.8 Å². The molecule has 0 radical (unpaired) electrons. The standard InChI is InChI=1S/C23H27N3O3.2ClH/c1-28-22-6-3-2-5-21(22)26-14-12-25(13-15-26)11-4-16-29-19-8-9-20-18(17-19)7-10-23(27)24-20;;/h2-3,5-10,17H,4,11-16H2,1H3,(H,24,27);2*1H. The fraction of sp³-hybridized carbons (Fsp3) is 0.348. The van der Waals surface area contributed by atoms with E-state index in [1.807, 2.05) is 36.4 Å². The van der Waals surface area contributed by atoms with Gasteiger partial charge in [-0.1, -0.05) is 12.1 Å². The molecule has 8 heteroatoms. The van der Waals surface area contributed by atoms with E-state index in [2.05, 4.69) is 26.9 Å². The van der Waals surface area contributed by atoms with Gasteiger partial charge < -0.3 is 19.4 Å². The molecule has 0 spiro atoms. The van der Waals surface area contributed by atoms with Gasteiger partial charge in [0.2, 0.25) is 5.56 Å². The highest BCUT2D eigenvalue weighted by Gasteiger charge is 2.19. The molecular weight excluding hydrogens is 437 g/mol. The quantitative estimate of drug-likeness (QED) is 0.534. The molecule has 31 heavy (non-hydrogen) atoms. The molecule has 0 aliphatic carbocycles. The molecule has 0 amide bonds. The number of halogens is 2. The molecule has 3 aromatic rings. The van der Waals surface area contributed by atoms with Crippen LogP contribution in [0.2, 0.25) is 0 Å². The second-order valence-corrected chi connectivity index (χ2v) is 7.27. The Morgan fingerprint density at radius 1 is 0.968 bits per heavy atom. The summed E-state index contributed by atoms with van der Waals surface area (Å²) in [6, 6.07) is 17.3. The van der Waals surface area contributed by atoms with Crippen molar-refractivity contribution >= 4 is 41.4 Å². The monoisotopic (exact) mass is 465 g/mol. The van der Waals surface area contributed by atoms with Crippen molar-refractivity contribution in [3.63, 3.8) is 0 Å². The van der Waals surface area contributed by atoms with E-state index < -0.39 is 0 Å². The molecule has 1 aliphatic rings. The van der Waals surface area contributed by atoms with Crippen LogP contribution in [0.3, 0.4) is 0 Å². The van der Waals surface area contributed by atoms with Crippen LogP contribution in [-0.4, -0.2) is 56.3 Å². The first-order chi connectivity index (χ1) is 14.2. The van der Waals surface area contributed by atoms with Crippen molar-refractivity contribution in [3.8, 4) is 11.5 Å².